The van der Waals surface area contributed by atoms with Crippen molar-refractivity contribution in [2.45, 2.75) is 19.9 Å². The minimum absolute atomic E-state index is 0.00884. The predicted octanol–water partition coefficient (Wildman–Crippen LogP) is 1.97. The van der Waals surface area contributed by atoms with E-state index < -0.39 is 0 Å². The second-order valence-electron chi connectivity index (χ2n) is 6.05. The molecule has 0 radical (unpaired) electrons. The Morgan fingerprint density at radius 3 is 3.09 bits per heavy atom. The van der Waals surface area contributed by atoms with Crippen LogP contribution in [0.2, 0.25) is 0 Å². The highest BCUT2D eigenvalue weighted by molar-refractivity contribution is 5.72. The lowest BCUT2D eigenvalue weighted by Crippen LogP contribution is -2.29. The van der Waals surface area contributed by atoms with E-state index in [0.29, 0.717) is 19.0 Å². The van der Waals surface area contributed by atoms with Crippen LogP contribution in [0.25, 0.3) is 5.69 Å². The first-order valence-corrected chi connectivity index (χ1v) is 7.87. The Kier molecular flexibility index (Phi) is 4.71. The van der Waals surface area contributed by atoms with E-state index in [1.807, 2.05) is 12.3 Å². The smallest absolute Gasteiger partial charge is 0.216 e. The third-order valence-electron chi connectivity index (χ3n) is 4.20. The van der Waals surface area contributed by atoms with Gasteiger partial charge in [-0.2, -0.15) is 5.10 Å². The Morgan fingerprint density at radius 2 is 2.35 bits per heavy atom. The minimum atomic E-state index is -0.232. The SMILES string of the molecule is CC(=O)NC[C@@H]1CCN(Cc2cc(F)ccc2-n2cccn2)C1. The molecule has 23 heavy (non-hydrogen) atoms. The predicted molar refractivity (Wildman–Crippen MR) is 85.6 cm³/mol. The van der Waals surface area contributed by atoms with E-state index >= 15 is 0 Å². The van der Waals surface area contributed by atoms with Gasteiger partial charge < -0.3 is 5.32 Å². The average molecular weight is 316 g/mol. The first-order chi connectivity index (χ1) is 11.1. The first kappa shape index (κ1) is 15.7. The van der Waals surface area contributed by atoms with Crippen LogP contribution in [0.5, 0.6) is 0 Å². The summed E-state index contributed by atoms with van der Waals surface area (Å²) in [6.07, 6.45) is 4.62. The molecule has 1 fully saturated rings. The summed E-state index contributed by atoms with van der Waals surface area (Å²) >= 11 is 0. The van der Waals surface area contributed by atoms with Gasteiger partial charge in [-0.25, -0.2) is 9.07 Å². The van der Waals surface area contributed by atoms with Gasteiger partial charge in [0.1, 0.15) is 5.82 Å². The lowest BCUT2D eigenvalue weighted by Gasteiger charge is -2.18. The summed E-state index contributed by atoms with van der Waals surface area (Å²) in [6.45, 7) is 4.80. The highest BCUT2D eigenvalue weighted by atomic mass is 19.1. The van der Waals surface area contributed by atoms with Crippen LogP contribution in [-0.2, 0) is 11.3 Å². The van der Waals surface area contributed by atoms with Gasteiger partial charge >= 0.3 is 0 Å². The zero-order chi connectivity index (χ0) is 16.2. The molecule has 2 aromatic rings. The molecule has 0 bridgehead atoms. The number of carbonyl (C=O) groups excluding carboxylic acids is 1. The topological polar surface area (TPSA) is 50.2 Å². The standard InChI is InChI=1S/C17H21FN4O/c1-13(23)19-10-14-5-8-21(11-14)12-15-9-16(18)3-4-17(15)22-7-2-6-20-22/h2-4,6-7,9,14H,5,8,10-12H2,1H3,(H,19,23)/t14-/m0/s1. The van der Waals surface area contributed by atoms with Crippen LogP contribution >= 0.6 is 0 Å². The first-order valence-electron chi connectivity index (χ1n) is 7.87. The molecular weight excluding hydrogens is 295 g/mol. The Hall–Kier alpha value is -2.21. The zero-order valence-corrected chi connectivity index (χ0v) is 13.2. The quantitative estimate of drug-likeness (QED) is 0.917. The van der Waals surface area contributed by atoms with Crippen molar-refractivity contribution in [3.63, 3.8) is 0 Å². The molecule has 2 heterocycles. The number of aromatic nitrogens is 2. The van der Waals surface area contributed by atoms with Gasteiger partial charge in [-0.05, 0) is 48.7 Å². The summed E-state index contributed by atoms with van der Waals surface area (Å²) in [5.41, 5.74) is 1.83. The van der Waals surface area contributed by atoms with Crippen molar-refractivity contribution in [2.24, 2.45) is 5.92 Å². The molecule has 1 aromatic heterocycles. The molecule has 1 aliphatic rings. The van der Waals surface area contributed by atoms with Gasteiger partial charge in [0.25, 0.3) is 0 Å². The Morgan fingerprint density at radius 1 is 1.48 bits per heavy atom. The van der Waals surface area contributed by atoms with Crippen molar-refractivity contribution >= 4 is 5.91 Å². The summed E-state index contributed by atoms with van der Waals surface area (Å²) < 4.78 is 15.4. The monoisotopic (exact) mass is 316 g/mol. The highest BCUT2D eigenvalue weighted by Crippen LogP contribution is 2.22. The summed E-state index contributed by atoms with van der Waals surface area (Å²) in [4.78, 5) is 13.3. The zero-order valence-electron chi connectivity index (χ0n) is 13.2. The van der Waals surface area contributed by atoms with Crippen LogP contribution in [0, 0.1) is 11.7 Å². The summed E-state index contributed by atoms with van der Waals surface area (Å²) in [5.74, 6) is 0.236. The number of nitrogens with zero attached hydrogens (tertiary/aromatic N) is 3. The molecule has 1 saturated heterocycles. The number of hydrogen-bond acceptors (Lipinski definition) is 3. The van der Waals surface area contributed by atoms with Gasteiger partial charge in [0.2, 0.25) is 5.91 Å². The highest BCUT2D eigenvalue weighted by Gasteiger charge is 2.23. The van der Waals surface area contributed by atoms with Crippen molar-refractivity contribution in [2.75, 3.05) is 19.6 Å². The molecule has 6 heteroatoms. The number of nitrogens with one attached hydrogen (secondary N) is 1. The van der Waals surface area contributed by atoms with Gasteiger partial charge in [0, 0.05) is 39.0 Å². The number of halogens is 1. The molecule has 1 atom stereocenters. The Balaban J connectivity index is 1.69. The normalized spacial score (nSPS) is 18.3. The molecule has 0 unspecified atom stereocenters. The second kappa shape index (κ2) is 6.91. The molecule has 1 aliphatic heterocycles. The molecule has 1 amide bonds. The van der Waals surface area contributed by atoms with Crippen LogP contribution in [0.1, 0.15) is 18.9 Å². The maximum absolute atomic E-state index is 13.7. The molecule has 1 aromatic carbocycles. The van der Waals surface area contributed by atoms with E-state index in [1.54, 1.807) is 23.0 Å². The molecular formula is C17H21FN4O. The number of likely N-dealkylation sites (tertiary alicyclic amines) is 1. The number of rotatable bonds is 5. The molecule has 0 spiro atoms. The summed E-state index contributed by atoms with van der Waals surface area (Å²) in [5, 5.41) is 7.12. The number of benzene rings is 1. The number of amides is 1. The fraction of sp³-hybridized carbons (Fsp3) is 0.412. The second-order valence-corrected chi connectivity index (χ2v) is 6.05. The van der Waals surface area contributed by atoms with Crippen LogP contribution in [0.3, 0.4) is 0 Å². The van der Waals surface area contributed by atoms with E-state index in [-0.39, 0.29) is 11.7 Å². The lowest BCUT2D eigenvalue weighted by molar-refractivity contribution is -0.119. The summed E-state index contributed by atoms with van der Waals surface area (Å²) in [6, 6.07) is 6.66. The van der Waals surface area contributed by atoms with Gasteiger partial charge in [0.05, 0.1) is 5.69 Å². The Bertz CT molecular complexity index is 671. The number of hydrogen-bond donors (Lipinski definition) is 1. The fourth-order valence-electron chi connectivity index (χ4n) is 3.07. The molecule has 5 nitrogen and oxygen atoms in total. The van der Waals surface area contributed by atoms with E-state index in [4.69, 9.17) is 0 Å². The van der Waals surface area contributed by atoms with Crippen molar-refractivity contribution in [3.8, 4) is 5.69 Å². The van der Waals surface area contributed by atoms with Crippen molar-refractivity contribution in [3.05, 3.63) is 48.0 Å². The van der Waals surface area contributed by atoms with Crippen LogP contribution in [0.15, 0.2) is 36.7 Å². The van der Waals surface area contributed by atoms with Crippen molar-refractivity contribution < 1.29 is 9.18 Å². The van der Waals surface area contributed by atoms with Crippen molar-refractivity contribution in [1.82, 2.24) is 20.0 Å². The molecule has 122 valence electrons. The lowest BCUT2D eigenvalue weighted by atomic mass is 10.1. The van der Waals surface area contributed by atoms with Gasteiger partial charge in [-0.15, -0.1) is 0 Å². The van der Waals surface area contributed by atoms with Crippen LogP contribution in [0.4, 0.5) is 4.39 Å². The minimum Gasteiger partial charge on any atom is -0.356 e. The molecule has 0 saturated carbocycles. The third kappa shape index (κ3) is 3.96. The Labute approximate surface area is 135 Å². The van der Waals surface area contributed by atoms with Gasteiger partial charge in [0.15, 0.2) is 0 Å². The van der Waals surface area contributed by atoms with Crippen LogP contribution < -0.4 is 5.32 Å². The fourth-order valence-corrected chi connectivity index (χ4v) is 3.07. The number of carbonyl (C=O) groups is 1. The maximum Gasteiger partial charge on any atom is 0.216 e. The van der Waals surface area contributed by atoms with E-state index in [9.17, 15) is 9.18 Å². The van der Waals surface area contributed by atoms with Crippen molar-refractivity contribution in [1.29, 1.82) is 0 Å². The van der Waals surface area contributed by atoms with Crippen LogP contribution in [-0.4, -0.2) is 40.2 Å². The van der Waals surface area contributed by atoms with Gasteiger partial charge in [-0.3, -0.25) is 9.69 Å². The maximum atomic E-state index is 13.7. The molecule has 1 N–H and O–H groups in total. The molecule has 0 aliphatic carbocycles. The molecule has 3 rings (SSSR count). The summed E-state index contributed by atoms with van der Waals surface area (Å²) in [7, 11) is 0. The van der Waals surface area contributed by atoms with E-state index in [0.717, 1.165) is 30.8 Å². The third-order valence-corrected chi connectivity index (χ3v) is 4.20. The van der Waals surface area contributed by atoms with Gasteiger partial charge in [-0.1, -0.05) is 0 Å². The largest absolute Gasteiger partial charge is 0.356 e. The van der Waals surface area contributed by atoms with E-state index in [1.165, 1.54) is 13.0 Å². The average Bonchev–Trinajstić information content (AvgIpc) is 3.17. The van der Waals surface area contributed by atoms with E-state index in [2.05, 4.69) is 15.3 Å².